The summed E-state index contributed by atoms with van der Waals surface area (Å²) in [5.41, 5.74) is 0. The highest BCUT2D eigenvalue weighted by atomic mass is 127. The van der Waals surface area contributed by atoms with Gasteiger partial charge in [0, 0.05) is 42.3 Å². The molecule has 0 aliphatic carbocycles. The lowest BCUT2D eigenvalue weighted by molar-refractivity contribution is -0.143. The summed E-state index contributed by atoms with van der Waals surface area (Å²) in [7, 11) is 1.60. The van der Waals surface area contributed by atoms with Crippen LogP contribution in [0.3, 0.4) is 0 Å². The Morgan fingerprint density at radius 2 is 2.14 bits per heavy atom. The monoisotopic (exact) mass is 528 g/mol. The van der Waals surface area contributed by atoms with Crippen LogP contribution in [0.25, 0.3) is 10.1 Å². The second-order valence-corrected chi connectivity index (χ2v) is 7.75. The molecule has 1 saturated heterocycles. The van der Waals surface area contributed by atoms with Crippen LogP contribution in [0.5, 0.6) is 0 Å². The Labute approximate surface area is 183 Å². The number of likely N-dealkylation sites (tertiary alicyclic amines) is 1. The number of halogens is 4. The van der Waals surface area contributed by atoms with E-state index >= 15 is 0 Å². The molecule has 3 rings (SSSR count). The molecule has 1 aliphatic rings. The van der Waals surface area contributed by atoms with Crippen LogP contribution in [0.15, 0.2) is 35.3 Å². The van der Waals surface area contributed by atoms with Gasteiger partial charge in [-0.2, -0.15) is 13.2 Å². The van der Waals surface area contributed by atoms with Crippen LogP contribution in [0.2, 0.25) is 0 Å². The Hall–Kier alpha value is -1.11. The van der Waals surface area contributed by atoms with Gasteiger partial charge in [0.05, 0.1) is 6.54 Å². The molecule has 0 bridgehead atoms. The first-order chi connectivity index (χ1) is 12.8. The lowest BCUT2D eigenvalue weighted by Gasteiger charge is -2.20. The van der Waals surface area contributed by atoms with Crippen molar-refractivity contribution < 1.29 is 18.3 Å². The van der Waals surface area contributed by atoms with Crippen LogP contribution in [-0.2, 0) is 0 Å². The van der Waals surface area contributed by atoms with E-state index in [1.54, 1.807) is 7.05 Å². The number of nitrogens with one attached hydrogen (secondary N) is 2. The number of alkyl halides is 3. The molecule has 0 spiro atoms. The number of aliphatic hydroxyl groups is 1. The summed E-state index contributed by atoms with van der Waals surface area (Å²) in [5, 5.41) is 17.7. The molecule has 2 heterocycles. The molecule has 1 aromatic carbocycles. The Kier molecular flexibility index (Phi) is 8.34. The van der Waals surface area contributed by atoms with Gasteiger partial charge in [-0.25, -0.2) is 0 Å². The van der Waals surface area contributed by atoms with Crippen molar-refractivity contribution in [2.75, 3.05) is 33.2 Å². The highest BCUT2D eigenvalue weighted by Crippen LogP contribution is 2.29. The second-order valence-electron chi connectivity index (χ2n) is 6.64. The van der Waals surface area contributed by atoms with Gasteiger partial charge < -0.3 is 15.7 Å². The average Bonchev–Trinajstić information content (AvgIpc) is 3.23. The molecule has 1 fully saturated rings. The van der Waals surface area contributed by atoms with Gasteiger partial charge in [0.1, 0.15) is 6.10 Å². The van der Waals surface area contributed by atoms with E-state index in [0.29, 0.717) is 25.5 Å². The molecule has 0 amide bonds. The minimum Gasteiger partial charge on any atom is -0.386 e. The van der Waals surface area contributed by atoms with Gasteiger partial charge >= 0.3 is 6.18 Å². The van der Waals surface area contributed by atoms with E-state index in [2.05, 4.69) is 15.6 Å². The quantitative estimate of drug-likeness (QED) is 0.317. The number of fused-ring (bicyclic) bond motifs is 1. The molecule has 2 unspecified atom stereocenters. The van der Waals surface area contributed by atoms with E-state index in [1.807, 2.05) is 30.3 Å². The molecule has 1 aromatic heterocycles. The van der Waals surface area contributed by atoms with E-state index in [1.165, 1.54) is 16.2 Å². The Bertz CT molecular complexity index is 765. The highest BCUT2D eigenvalue weighted by Gasteiger charge is 2.34. The zero-order valence-electron chi connectivity index (χ0n) is 15.4. The fourth-order valence-corrected chi connectivity index (χ4v) is 4.25. The van der Waals surface area contributed by atoms with Crippen molar-refractivity contribution in [3.8, 4) is 0 Å². The Balaban J connectivity index is 0.00000280. The van der Waals surface area contributed by atoms with Crippen molar-refractivity contribution in [3.63, 3.8) is 0 Å². The summed E-state index contributed by atoms with van der Waals surface area (Å²) in [6, 6.07) is 9.80. The number of hydrogen-bond acceptors (Lipinski definition) is 4. The molecule has 2 aromatic rings. The maximum absolute atomic E-state index is 12.5. The standard InChI is InChI=1S/C18H23F3N4OS.HI/c1-22-17(24-13-6-7-25(10-13)11-18(19,20)21)23-9-14(26)16-8-12-4-2-3-5-15(12)27-16;/h2-5,8,13-14,26H,6-7,9-11H2,1H3,(H2,22,23,24);1H. The maximum Gasteiger partial charge on any atom is 0.401 e. The molecular formula is C18H24F3IN4OS. The molecule has 2 atom stereocenters. The van der Waals surface area contributed by atoms with Crippen LogP contribution in [0.1, 0.15) is 17.4 Å². The molecule has 0 saturated carbocycles. The maximum atomic E-state index is 12.5. The lowest BCUT2D eigenvalue weighted by Crippen LogP contribution is -2.46. The number of rotatable bonds is 5. The molecule has 5 nitrogen and oxygen atoms in total. The lowest BCUT2D eigenvalue weighted by atomic mass is 10.2. The number of benzene rings is 1. The third-order valence-electron chi connectivity index (χ3n) is 4.48. The van der Waals surface area contributed by atoms with Gasteiger partial charge in [0.15, 0.2) is 5.96 Å². The first kappa shape index (κ1) is 23.2. The number of aliphatic hydroxyl groups excluding tert-OH is 1. The summed E-state index contributed by atoms with van der Waals surface area (Å²) in [6.07, 6.45) is -4.25. The summed E-state index contributed by atoms with van der Waals surface area (Å²) in [6.45, 7) is 0.102. The molecule has 0 radical (unpaired) electrons. The van der Waals surface area contributed by atoms with Crippen molar-refractivity contribution in [3.05, 3.63) is 35.2 Å². The van der Waals surface area contributed by atoms with Crippen LogP contribution >= 0.6 is 35.3 Å². The van der Waals surface area contributed by atoms with Crippen LogP contribution in [0, 0.1) is 0 Å². The SMILES string of the molecule is CN=C(NCC(O)c1cc2ccccc2s1)NC1CCN(CC(F)(F)F)C1.I. The van der Waals surface area contributed by atoms with Crippen LogP contribution in [-0.4, -0.2) is 61.4 Å². The number of aliphatic imine (C=N–C) groups is 1. The summed E-state index contributed by atoms with van der Waals surface area (Å²) >= 11 is 1.54. The van der Waals surface area contributed by atoms with Crippen molar-refractivity contribution in [2.45, 2.75) is 24.7 Å². The first-order valence-corrected chi connectivity index (χ1v) is 9.58. The number of guanidine groups is 1. The van der Waals surface area contributed by atoms with Gasteiger partial charge in [0.25, 0.3) is 0 Å². The van der Waals surface area contributed by atoms with E-state index < -0.39 is 18.8 Å². The molecule has 10 heteroatoms. The molecule has 3 N–H and O–H groups in total. The summed E-state index contributed by atoms with van der Waals surface area (Å²) < 4.78 is 38.6. The largest absolute Gasteiger partial charge is 0.401 e. The van der Waals surface area contributed by atoms with Crippen molar-refractivity contribution in [2.24, 2.45) is 4.99 Å². The number of hydrogen-bond donors (Lipinski definition) is 3. The third kappa shape index (κ3) is 6.46. The van der Waals surface area contributed by atoms with Gasteiger partial charge in [-0.1, -0.05) is 18.2 Å². The van der Waals surface area contributed by atoms with Gasteiger partial charge in [-0.3, -0.25) is 9.89 Å². The minimum absolute atomic E-state index is 0. The summed E-state index contributed by atoms with van der Waals surface area (Å²) in [4.78, 5) is 6.35. The van der Waals surface area contributed by atoms with Gasteiger partial charge in [-0.05, 0) is 23.9 Å². The number of thiophene rings is 1. The van der Waals surface area contributed by atoms with E-state index in [9.17, 15) is 18.3 Å². The number of nitrogens with zero attached hydrogens (tertiary/aromatic N) is 2. The smallest absolute Gasteiger partial charge is 0.386 e. The average molecular weight is 528 g/mol. The summed E-state index contributed by atoms with van der Waals surface area (Å²) in [5.74, 6) is 0.481. The van der Waals surface area contributed by atoms with Crippen molar-refractivity contribution >= 4 is 51.4 Å². The Morgan fingerprint density at radius 3 is 2.82 bits per heavy atom. The molecule has 28 heavy (non-hydrogen) atoms. The van der Waals surface area contributed by atoms with E-state index in [-0.39, 0.29) is 36.6 Å². The fourth-order valence-electron chi connectivity index (χ4n) is 3.20. The van der Waals surface area contributed by atoms with Crippen LogP contribution < -0.4 is 10.6 Å². The van der Waals surface area contributed by atoms with E-state index in [4.69, 9.17) is 0 Å². The predicted molar refractivity (Wildman–Crippen MR) is 118 cm³/mol. The van der Waals surface area contributed by atoms with Gasteiger partial charge in [-0.15, -0.1) is 35.3 Å². The zero-order valence-corrected chi connectivity index (χ0v) is 18.5. The molecule has 156 valence electrons. The zero-order chi connectivity index (χ0) is 19.4. The molecule has 1 aliphatic heterocycles. The topological polar surface area (TPSA) is 59.9 Å². The fraction of sp³-hybridized carbons (Fsp3) is 0.500. The molecular weight excluding hydrogens is 504 g/mol. The first-order valence-electron chi connectivity index (χ1n) is 8.77. The Morgan fingerprint density at radius 1 is 1.39 bits per heavy atom. The highest BCUT2D eigenvalue weighted by molar-refractivity contribution is 14.0. The normalized spacial score (nSPS) is 19.5. The predicted octanol–water partition coefficient (Wildman–Crippen LogP) is 3.35. The third-order valence-corrected chi connectivity index (χ3v) is 5.69. The van der Waals surface area contributed by atoms with Crippen molar-refractivity contribution in [1.29, 1.82) is 0 Å². The van der Waals surface area contributed by atoms with E-state index in [0.717, 1.165) is 15.0 Å². The van der Waals surface area contributed by atoms with Gasteiger partial charge in [0.2, 0.25) is 0 Å². The van der Waals surface area contributed by atoms with Crippen molar-refractivity contribution in [1.82, 2.24) is 15.5 Å². The van der Waals surface area contributed by atoms with Crippen LogP contribution in [0.4, 0.5) is 13.2 Å². The second kappa shape index (κ2) is 10.1. The minimum atomic E-state index is -4.18.